The monoisotopic (exact) mass is 433 g/mol. The second-order valence-electron chi connectivity index (χ2n) is 6.83. The predicted molar refractivity (Wildman–Crippen MR) is 114 cm³/mol. The van der Waals surface area contributed by atoms with Crippen LogP contribution >= 0.6 is 11.8 Å². The Bertz CT molecular complexity index is 990. The Morgan fingerprint density at radius 2 is 2.07 bits per heavy atom. The van der Waals surface area contributed by atoms with E-state index < -0.39 is 21.8 Å². The summed E-state index contributed by atoms with van der Waals surface area (Å²) in [6.07, 6.45) is 8.00. The molecule has 0 spiro atoms. The lowest BCUT2D eigenvalue weighted by molar-refractivity contribution is 0.0944. The molecule has 0 bridgehead atoms. The van der Waals surface area contributed by atoms with E-state index in [0.29, 0.717) is 23.2 Å². The zero-order valence-corrected chi connectivity index (χ0v) is 17.9. The van der Waals surface area contributed by atoms with Crippen LogP contribution in [0.4, 0.5) is 0 Å². The first kappa shape index (κ1) is 21.3. The summed E-state index contributed by atoms with van der Waals surface area (Å²) >= 11 is 1.50. The average molecular weight is 434 g/mol. The highest BCUT2D eigenvalue weighted by molar-refractivity contribution is 7.98. The van der Waals surface area contributed by atoms with E-state index >= 15 is 0 Å². The van der Waals surface area contributed by atoms with Gasteiger partial charge in [-0.25, -0.2) is 13.4 Å². The molecule has 1 aromatic heterocycles. The lowest BCUT2D eigenvalue weighted by Crippen LogP contribution is -2.35. The number of para-hydroxylation sites is 1. The highest BCUT2D eigenvalue weighted by Gasteiger charge is 2.29. The van der Waals surface area contributed by atoms with E-state index in [0.717, 1.165) is 24.5 Å². The number of rotatable bonds is 9. The smallest absolute Gasteiger partial charge is 0.258 e. The van der Waals surface area contributed by atoms with Gasteiger partial charge in [0, 0.05) is 29.5 Å². The Labute approximate surface area is 174 Å². The summed E-state index contributed by atoms with van der Waals surface area (Å²) in [7, 11) is -3.29. The Balaban J connectivity index is 1.85. The van der Waals surface area contributed by atoms with Crippen molar-refractivity contribution in [2.24, 2.45) is 0 Å². The van der Waals surface area contributed by atoms with Crippen molar-refractivity contribution in [2.45, 2.75) is 24.8 Å². The minimum Gasteiger partial charge on any atom is -0.438 e. The minimum absolute atomic E-state index is 0.195. The molecule has 154 valence electrons. The Morgan fingerprint density at radius 1 is 1.34 bits per heavy atom. The zero-order chi connectivity index (χ0) is 20.9. The summed E-state index contributed by atoms with van der Waals surface area (Å²) in [5.41, 5.74) is 0.206. The predicted octanol–water partition coefficient (Wildman–Crippen LogP) is 3.17. The summed E-state index contributed by atoms with van der Waals surface area (Å²) in [6.45, 7) is 0. The van der Waals surface area contributed by atoms with Gasteiger partial charge in [-0.05, 0) is 31.2 Å². The number of sulfone groups is 1. The van der Waals surface area contributed by atoms with E-state index in [1.807, 2.05) is 24.5 Å². The molecule has 1 aliphatic carbocycles. The van der Waals surface area contributed by atoms with Crippen LogP contribution in [0.5, 0.6) is 11.6 Å². The number of nitrogens with zero attached hydrogens (tertiary/aromatic N) is 2. The standard InChI is InChI=1S/C20H23N3O4S2/c1-28-13-15(10-11-29(2,25)26)22-19(24)17-12-21-18(14-8-9-14)23-20(17)27-16-6-4-3-5-7-16/h3-7,10-12,14-15H,8-9,13H2,1-2H3,(H,22,24). The van der Waals surface area contributed by atoms with Crippen LogP contribution < -0.4 is 10.1 Å². The van der Waals surface area contributed by atoms with Crippen LogP contribution in [-0.4, -0.2) is 48.6 Å². The number of thioether (sulfide) groups is 1. The van der Waals surface area contributed by atoms with Crippen molar-refractivity contribution < 1.29 is 17.9 Å². The molecule has 29 heavy (non-hydrogen) atoms. The van der Waals surface area contributed by atoms with E-state index in [4.69, 9.17) is 4.74 Å². The van der Waals surface area contributed by atoms with Gasteiger partial charge in [-0.2, -0.15) is 16.7 Å². The quantitative estimate of drug-likeness (QED) is 0.648. The minimum atomic E-state index is -3.29. The second-order valence-corrected chi connectivity index (χ2v) is 9.67. The molecule has 0 aliphatic heterocycles. The van der Waals surface area contributed by atoms with Crippen LogP contribution in [0, 0.1) is 0 Å². The van der Waals surface area contributed by atoms with Gasteiger partial charge in [0.25, 0.3) is 5.91 Å². The maximum atomic E-state index is 12.9. The van der Waals surface area contributed by atoms with Crippen LogP contribution in [0.25, 0.3) is 0 Å². The molecule has 0 radical (unpaired) electrons. The number of aromatic nitrogens is 2. The number of ether oxygens (including phenoxy) is 1. The van der Waals surface area contributed by atoms with Crippen LogP contribution in [0.3, 0.4) is 0 Å². The van der Waals surface area contributed by atoms with E-state index in [1.54, 1.807) is 12.1 Å². The molecule has 2 aromatic rings. The molecule has 9 heteroatoms. The molecule has 1 amide bonds. The van der Waals surface area contributed by atoms with Crippen LogP contribution in [0.2, 0.25) is 0 Å². The first-order chi connectivity index (χ1) is 13.9. The van der Waals surface area contributed by atoms with Gasteiger partial charge in [-0.15, -0.1) is 0 Å². The third-order valence-corrected chi connectivity index (χ3v) is 5.48. The number of carbonyl (C=O) groups excluding carboxylic acids is 1. The largest absolute Gasteiger partial charge is 0.438 e. The molecular formula is C20H23N3O4S2. The number of nitrogens with one attached hydrogen (secondary N) is 1. The molecule has 1 aromatic carbocycles. The van der Waals surface area contributed by atoms with Crippen molar-refractivity contribution in [1.29, 1.82) is 0 Å². The summed E-state index contributed by atoms with van der Waals surface area (Å²) in [4.78, 5) is 21.7. The Hall–Kier alpha value is -2.39. The lowest BCUT2D eigenvalue weighted by atomic mass is 10.2. The second kappa shape index (κ2) is 9.41. The third-order valence-electron chi connectivity index (χ3n) is 4.14. The average Bonchev–Trinajstić information content (AvgIpc) is 3.52. The maximum absolute atomic E-state index is 12.9. The van der Waals surface area contributed by atoms with Crippen LogP contribution in [0.15, 0.2) is 48.0 Å². The summed E-state index contributed by atoms with van der Waals surface area (Å²) < 4.78 is 28.7. The van der Waals surface area contributed by atoms with Crippen molar-refractivity contribution in [3.63, 3.8) is 0 Å². The van der Waals surface area contributed by atoms with Gasteiger partial charge in [0.2, 0.25) is 5.88 Å². The van der Waals surface area contributed by atoms with Gasteiger partial charge in [0.05, 0.1) is 6.04 Å². The van der Waals surface area contributed by atoms with Gasteiger partial charge in [0.1, 0.15) is 17.1 Å². The van der Waals surface area contributed by atoms with E-state index in [9.17, 15) is 13.2 Å². The first-order valence-corrected chi connectivity index (χ1v) is 12.5. The Kier molecular flexibility index (Phi) is 6.92. The summed E-state index contributed by atoms with van der Waals surface area (Å²) in [6, 6.07) is 8.65. The molecule has 1 heterocycles. The molecule has 1 N–H and O–H groups in total. The molecule has 1 unspecified atom stereocenters. The summed E-state index contributed by atoms with van der Waals surface area (Å²) in [5.74, 6) is 1.85. The van der Waals surface area contributed by atoms with Crippen LogP contribution in [-0.2, 0) is 9.84 Å². The zero-order valence-electron chi connectivity index (χ0n) is 16.2. The van der Waals surface area contributed by atoms with Crippen molar-refractivity contribution in [3.8, 4) is 11.6 Å². The van der Waals surface area contributed by atoms with Gasteiger partial charge in [0.15, 0.2) is 9.84 Å². The van der Waals surface area contributed by atoms with Gasteiger partial charge in [-0.3, -0.25) is 4.79 Å². The highest BCUT2D eigenvalue weighted by Crippen LogP contribution is 2.39. The highest BCUT2D eigenvalue weighted by atomic mass is 32.2. The van der Waals surface area contributed by atoms with Crippen molar-refractivity contribution in [3.05, 3.63) is 59.4 Å². The number of benzene rings is 1. The van der Waals surface area contributed by atoms with Gasteiger partial charge >= 0.3 is 0 Å². The van der Waals surface area contributed by atoms with E-state index in [1.165, 1.54) is 24.0 Å². The third kappa shape index (κ3) is 6.57. The normalized spacial score (nSPS) is 15.2. The van der Waals surface area contributed by atoms with Crippen LogP contribution in [0.1, 0.15) is 34.9 Å². The van der Waals surface area contributed by atoms with Crippen molar-refractivity contribution in [1.82, 2.24) is 15.3 Å². The lowest BCUT2D eigenvalue weighted by Gasteiger charge is -2.16. The first-order valence-electron chi connectivity index (χ1n) is 9.13. The molecule has 7 nitrogen and oxygen atoms in total. The number of hydrogen-bond donors (Lipinski definition) is 1. The fourth-order valence-electron chi connectivity index (χ4n) is 2.56. The fourth-order valence-corrected chi connectivity index (χ4v) is 3.59. The Morgan fingerprint density at radius 3 is 2.69 bits per heavy atom. The molecular weight excluding hydrogens is 410 g/mol. The molecule has 1 fully saturated rings. The maximum Gasteiger partial charge on any atom is 0.258 e. The van der Waals surface area contributed by atoms with Gasteiger partial charge in [-0.1, -0.05) is 24.3 Å². The summed E-state index contributed by atoms with van der Waals surface area (Å²) in [5, 5.41) is 3.93. The molecule has 1 aliphatic rings. The molecule has 1 atom stereocenters. The van der Waals surface area contributed by atoms with Gasteiger partial charge < -0.3 is 10.1 Å². The number of carbonyl (C=O) groups is 1. The fraction of sp³-hybridized carbons (Fsp3) is 0.350. The number of amides is 1. The SMILES string of the molecule is CSCC(C=CS(C)(=O)=O)NC(=O)c1cnc(C2CC2)nc1Oc1ccccc1. The van der Waals surface area contributed by atoms with Crippen molar-refractivity contribution in [2.75, 3.05) is 18.3 Å². The van der Waals surface area contributed by atoms with E-state index in [2.05, 4.69) is 15.3 Å². The van der Waals surface area contributed by atoms with E-state index in [-0.39, 0.29) is 11.4 Å². The topological polar surface area (TPSA) is 98.2 Å². The molecule has 0 saturated heterocycles. The molecule has 3 rings (SSSR count). The van der Waals surface area contributed by atoms with Crippen molar-refractivity contribution >= 4 is 27.5 Å². The number of hydrogen-bond acceptors (Lipinski definition) is 7. The molecule has 1 saturated carbocycles.